The van der Waals surface area contributed by atoms with Crippen LogP contribution in [-0.4, -0.2) is 43.8 Å². The van der Waals surface area contributed by atoms with Gasteiger partial charge in [0.05, 0.1) is 20.6 Å². The Morgan fingerprint density at radius 1 is 0.878 bits per heavy atom. The van der Waals surface area contributed by atoms with Crippen LogP contribution >= 0.6 is 23.2 Å². The van der Waals surface area contributed by atoms with Crippen molar-refractivity contribution in [2.75, 3.05) is 10.8 Å². The Morgan fingerprint density at radius 3 is 2.15 bits per heavy atom. The summed E-state index contributed by atoms with van der Waals surface area (Å²) in [5, 5.41) is 3.65. The summed E-state index contributed by atoms with van der Waals surface area (Å²) in [6.45, 7) is 9.02. The van der Waals surface area contributed by atoms with Crippen molar-refractivity contribution in [1.29, 1.82) is 0 Å². The molecule has 220 valence electrons. The third-order valence-electron chi connectivity index (χ3n) is 7.11. The number of hydrogen-bond donors (Lipinski definition) is 1. The molecule has 0 heterocycles. The quantitative estimate of drug-likeness (QED) is 0.250. The van der Waals surface area contributed by atoms with Crippen molar-refractivity contribution >= 4 is 50.7 Å². The van der Waals surface area contributed by atoms with E-state index >= 15 is 0 Å². The summed E-state index contributed by atoms with van der Waals surface area (Å²) in [4.78, 5) is 29.0. The third-order valence-corrected chi connectivity index (χ3v) is 9.64. The second kappa shape index (κ2) is 14.2. The number of sulfonamides is 1. The standard InChI is InChI=1S/C31H37Cl2N3O4S/c1-6-23(5)34-31(38)29(7-2)35(19-24-14-16-27(32)28(33)18-24)30(37)20-36(25-15-13-21(3)22(4)17-25)41(39,40)26-11-9-8-10-12-26/h8-18,23,29H,6-7,19-20H2,1-5H3,(H,34,38)/t23-,29-/m1/s1. The molecule has 1 N–H and O–H groups in total. The summed E-state index contributed by atoms with van der Waals surface area (Å²) in [6, 6.07) is 17.3. The molecule has 0 spiro atoms. The van der Waals surface area contributed by atoms with Crippen molar-refractivity contribution in [2.24, 2.45) is 0 Å². The highest BCUT2D eigenvalue weighted by Crippen LogP contribution is 2.28. The summed E-state index contributed by atoms with van der Waals surface area (Å²) >= 11 is 12.4. The Labute approximate surface area is 253 Å². The van der Waals surface area contributed by atoms with Crippen LogP contribution in [0.2, 0.25) is 10.0 Å². The van der Waals surface area contributed by atoms with Gasteiger partial charge in [-0.3, -0.25) is 13.9 Å². The molecule has 2 amide bonds. The number of hydrogen-bond acceptors (Lipinski definition) is 4. The minimum absolute atomic E-state index is 0.0360. The highest BCUT2D eigenvalue weighted by atomic mass is 35.5. The molecule has 0 fully saturated rings. The summed E-state index contributed by atoms with van der Waals surface area (Å²) in [6.07, 6.45) is 1.04. The van der Waals surface area contributed by atoms with E-state index in [1.165, 1.54) is 17.0 Å². The maximum absolute atomic E-state index is 14.2. The molecule has 0 aliphatic rings. The first-order valence-electron chi connectivity index (χ1n) is 13.6. The number of aryl methyl sites for hydroxylation is 2. The first-order chi connectivity index (χ1) is 19.4. The van der Waals surface area contributed by atoms with E-state index in [1.54, 1.807) is 48.5 Å². The second-order valence-electron chi connectivity index (χ2n) is 10.1. The zero-order valence-electron chi connectivity index (χ0n) is 24.0. The molecule has 0 aromatic heterocycles. The smallest absolute Gasteiger partial charge is 0.264 e. The van der Waals surface area contributed by atoms with Gasteiger partial charge < -0.3 is 10.2 Å². The van der Waals surface area contributed by atoms with Crippen LogP contribution in [0.1, 0.15) is 50.3 Å². The second-order valence-corrected chi connectivity index (χ2v) is 12.8. The van der Waals surface area contributed by atoms with E-state index in [0.717, 1.165) is 21.9 Å². The largest absolute Gasteiger partial charge is 0.352 e. The van der Waals surface area contributed by atoms with Gasteiger partial charge in [-0.05, 0) is 86.7 Å². The van der Waals surface area contributed by atoms with E-state index in [2.05, 4.69) is 5.32 Å². The van der Waals surface area contributed by atoms with Crippen LogP contribution in [0, 0.1) is 13.8 Å². The van der Waals surface area contributed by atoms with Gasteiger partial charge in [0, 0.05) is 12.6 Å². The van der Waals surface area contributed by atoms with Gasteiger partial charge in [0.25, 0.3) is 10.0 Å². The Hall–Kier alpha value is -3.07. The third kappa shape index (κ3) is 8.03. The fourth-order valence-electron chi connectivity index (χ4n) is 4.32. The van der Waals surface area contributed by atoms with Crippen molar-refractivity contribution in [3.63, 3.8) is 0 Å². The molecule has 2 atom stereocenters. The predicted octanol–water partition coefficient (Wildman–Crippen LogP) is 6.53. The predicted molar refractivity (Wildman–Crippen MR) is 166 cm³/mol. The van der Waals surface area contributed by atoms with Gasteiger partial charge in [-0.1, -0.05) is 67.4 Å². The first kappa shape index (κ1) is 32.4. The lowest BCUT2D eigenvalue weighted by Crippen LogP contribution is -2.53. The van der Waals surface area contributed by atoms with Gasteiger partial charge >= 0.3 is 0 Å². The first-order valence-corrected chi connectivity index (χ1v) is 15.8. The molecule has 10 heteroatoms. The van der Waals surface area contributed by atoms with Gasteiger partial charge in [0.1, 0.15) is 12.6 Å². The molecular formula is C31H37Cl2N3O4S. The number of rotatable bonds is 12. The Kier molecular flexibility index (Phi) is 11.2. The van der Waals surface area contributed by atoms with Crippen molar-refractivity contribution < 1.29 is 18.0 Å². The summed E-state index contributed by atoms with van der Waals surface area (Å²) in [5.74, 6) is -0.834. The van der Waals surface area contributed by atoms with Crippen molar-refractivity contribution in [3.05, 3.63) is 93.5 Å². The van der Waals surface area contributed by atoms with Crippen LogP contribution in [0.5, 0.6) is 0 Å². The van der Waals surface area contributed by atoms with Crippen LogP contribution < -0.4 is 9.62 Å². The number of carbonyl (C=O) groups excluding carboxylic acids is 2. The molecule has 0 aliphatic carbocycles. The van der Waals surface area contributed by atoms with Crippen molar-refractivity contribution in [3.8, 4) is 0 Å². The summed E-state index contributed by atoms with van der Waals surface area (Å²) in [7, 11) is -4.13. The number of nitrogens with zero attached hydrogens (tertiary/aromatic N) is 2. The van der Waals surface area contributed by atoms with Crippen LogP contribution in [0.3, 0.4) is 0 Å². The molecular weight excluding hydrogens is 581 g/mol. The highest BCUT2D eigenvalue weighted by molar-refractivity contribution is 7.92. The SMILES string of the molecule is CC[C@@H](C)NC(=O)[C@@H](CC)N(Cc1ccc(Cl)c(Cl)c1)C(=O)CN(c1ccc(C)c(C)c1)S(=O)(=O)c1ccccc1. The van der Waals surface area contributed by atoms with E-state index in [-0.39, 0.29) is 23.4 Å². The Bertz CT molecular complexity index is 1480. The summed E-state index contributed by atoms with van der Waals surface area (Å²) in [5.41, 5.74) is 2.89. The number of nitrogens with one attached hydrogen (secondary N) is 1. The van der Waals surface area contributed by atoms with Crippen molar-refractivity contribution in [1.82, 2.24) is 10.2 Å². The average Bonchev–Trinajstić information content (AvgIpc) is 2.95. The lowest BCUT2D eigenvalue weighted by molar-refractivity contribution is -0.140. The molecule has 0 saturated heterocycles. The Balaban J connectivity index is 2.09. The minimum Gasteiger partial charge on any atom is -0.352 e. The van der Waals surface area contributed by atoms with E-state index in [9.17, 15) is 18.0 Å². The number of benzene rings is 3. The van der Waals surface area contributed by atoms with Gasteiger partial charge in [-0.2, -0.15) is 0 Å². The number of amides is 2. The molecule has 3 rings (SSSR count). The molecule has 3 aromatic carbocycles. The maximum Gasteiger partial charge on any atom is 0.264 e. The molecule has 3 aromatic rings. The van der Waals surface area contributed by atoms with Gasteiger partial charge in [-0.25, -0.2) is 8.42 Å². The fourth-order valence-corrected chi connectivity index (χ4v) is 6.07. The normalized spacial score (nSPS) is 12.9. The zero-order chi connectivity index (χ0) is 30.3. The van der Waals surface area contributed by atoms with E-state index in [1.807, 2.05) is 40.7 Å². The van der Waals surface area contributed by atoms with Crippen LogP contribution in [0.4, 0.5) is 5.69 Å². The molecule has 0 radical (unpaired) electrons. The average molecular weight is 619 g/mol. The Morgan fingerprint density at radius 2 is 1.56 bits per heavy atom. The van der Waals surface area contributed by atoms with E-state index in [0.29, 0.717) is 27.7 Å². The molecule has 41 heavy (non-hydrogen) atoms. The van der Waals surface area contributed by atoms with E-state index < -0.39 is 28.5 Å². The minimum atomic E-state index is -4.13. The fraction of sp³-hybridized carbons (Fsp3) is 0.355. The maximum atomic E-state index is 14.2. The lowest BCUT2D eigenvalue weighted by Gasteiger charge is -2.34. The molecule has 0 bridgehead atoms. The molecule has 7 nitrogen and oxygen atoms in total. The van der Waals surface area contributed by atoms with Gasteiger partial charge in [-0.15, -0.1) is 0 Å². The van der Waals surface area contributed by atoms with Gasteiger partial charge in [0.15, 0.2) is 0 Å². The molecule has 0 saturated carbocycles. The number of halogens is 2. The zero-order valence-corrected chi connectivity index (χ0v) is 26.4. The van der Waals surface area contributed by atoms with Gasteiger partial charge in [0.2, 0.25) is 11.8 Å². The van der Waals surface area contributed by atoms with Crippen LogP contribution in [0.15, 0.2) is 71.6 Å². The molecule has 0 unspecified atom stereocenters. The lowest BCUT2D eigenvalue weighted by atomic mass is 10.1. The van der Waals surface area contributed by atoms with Crippen LogP contribution in [-0.2, 0) is 26.2 Å². The molecule has 0 aliphatic heterocycles. The number of anilines is 1. The van der Waals surface area contributed by atoms with Crippen LogP contribution in [0.25, 0.3) is 0 Å². The topological polar surface area (TPSA) is 86.8 Å². The van der Waals surface area contributed by atoms with Crippen molar-refractivity contribution in [2.45, 2.75) is 71.0 Å². The van der Waals surface area contributed by atoms with E-state index in [4.69, 9.17) is 23.2 Å². The highest BCUT2D eigenvalue weighted by Gasteiger charge is 2.34. The monoisotopic (exact) mass is 617 g/mol. The summed E-state index contributed by atoms with van der Waals surface area (Å²) < 4.78 is 29.0. The number of carbonyl (C=O) groups is 2.